The lowest BCUT2D eigenvalue weighted by atomic mass is 10.3. The van der Waals surface area contributed by atoms with Crippen molar-refractivity contribution in [2.45, 2.75) is 19.4 Å². The van der Waals surface area contributed by atoms with Crippen LogP contribution in [-0.4, -0.2) is 32.2 Å². The summed E-state index contributed by atoms with van der Waals surface area (Å²) in [6.07, 6.45) is 0.732. The molecule has 0 saturated heterocycles. The van der Waals surface area contributed by atoms with Gasteiger partial charge < -0.3 is 20.5 Å². The van der Waals surface area contributed by atoms with Gasteiger partial charge in [0.2, 0.25) is 5.91 Å². The van der Waals surface area contributed by atoms with Crippen LogP contribution in [0.2, 0.25) is 0 Å². The van der Waals surface area contributed by atoms with Gasteiger partial charge in [-0.15, -0.1) is 0 Å². The van der Waals surface area contributed by atoms with Gasteiger partial charge in [-0.3, -0.25) is 4.79 Å². The van der Waals surface area contributed by atoms with Crippen LogP contribution in [0.4, 0.5) is 0 Å². The first-order valence-electron chi connectivity index (χ1n) is 5.93. The first kappa shape index (κ1) is 14.3. The summed E-state index contributed by atoms with van der Waals surface area (Å²) in [6.45, 7) is 2.75. The number of nitrogens with two attached hydrogens (primary N) is 1. The van der Waals surface area contributed by atoms with Crippen molar-refractivity contribution in [3.63, 3.8) is 0 Å². The number of benzene rings is 1. The smallest absolute Gasteiger partial charge is 0.236 e. The Morgan fingerprint density at radius 3 is 2.83 bits per heavy atom. The highest BCUT2D eigenvalue weighted by atomic mass is 16.5. The highest BCUT2D eigenvalue weighted by molar-refractivity contribution is 5.80. The molecule has 1 rings (SSSR count). The molecule has 1 aromatic rings. The summed E-state index contributed by atoms with van der Waals surface area (Å²) in [4.78, 5) is 11.2. The van der Waals surface area contributed by atoms with E-state index >= 15 is 0 Å². The molecule has 1 amide bonds. The molecule has 18 heavy (non-hydrogen) atoms. The molecule has 0 heterocycles. The lowest BCUT2D eigenvalue weighted by molar-refractivity contribution is -0.121. The molecular weight excluding hydrogens is 232 g/mol. The van der Waals surface area contributed by atoms with E-state index in [4.69, 9.17) is 15.2 Å². The summed E-state index contributed by atoms with van der Waals surface area (Å²) >= 11 is 0. The molecule has 0 aliphatic carbocycles. The van der Waals surface area contributed by atoms with E-state index < -0.39 is 6.04 Å². The largest absolute Gasteiger partial charge is 0.497 e. The second kappa shape index (κ2) is 7.55. The summed E-state index contributed by atoms with van der Waals surface area (Å²) in [5, 5.41) is 2.72. The zero-order valence-corrected chi connectivity index (χ0v) is 10.8. The standard InChI is InChI=1S/C13H20N2O3/c1-10(14)13(16)15-7-4-8-18-12-6-3-5-11(9-12)17-2/h3,5-6,9-10H,4,7-8,14H2,1-2H3,(H,15,16). The quantitative estimate of drug-likeness (QED) is 0.708. The molecule has 0 aromatic heterocycles. The third kappa shape index (κ3) is 5.05. The topological polar surface area (TPSA) is 73.6 Å². The normalized spacial score (nSPS) is 11.7. The molecule has 1 unspecified atom stereocenters. The van der Waals surface area contributed by atoms with Crippen molar-refractivity contribution in [3.05, 3.63) is 24.3 Å². The predicted octanol–water partition coefficient (Wildman–Crippen LogP) is 0.927. The number of carbonyl (C=O) groups excluding carboxylic acids is 1. The minimum Gasteiger partial charge on any atom is -0.497 e. The molecule has 3 N–H and O–H groups in total. The number of methoxy groups -OCH3 is 1. The number of amides is 1. The van der Waals surface area contributed by atoms with Crippen LogP contribution in [0.25, 0.3) is 0 Å². The number of rotatable bonds is 7. The Labute approximate surface area is 107 Å². The molecule has 0 fully saturated rings. The SMILES string of the molecule is COc1cccc(OCCCNC(=O)C(C)N)c1. The van der Waals surface area contributed by atoms with E-state index in [1.807, 2.05) is 24.3 Å². The molecule has 1 atom stereocenters. The molecular formula is C13H20N2O3. The highest BCUT2D eigenvalue weighted by Gasteiger charge is 2.05. The summed E-state index contributed by atoms with van der Waals surface area (Å²) in [5.41, 5.74) is 5.42. The third-order valence-corrected chi connectivity index (χ3v) is 2.34. The minimum absolute atomic E-state index is 0.142. The number of ether oxygens (including phenoxy) is 2. The van der Waals surface area contributed by atoms with Crippen LogP contribution in [0.1, 0.15) is 13.3 Å². The van der Waals surface area contributed by atoms with Gasteiger partial charge in [-0.2, -0.15) is 0 Å². The number of nitrogens with one attached hydrogen (secondary N) is 1. The molecule has 100 valence electrons. The fraction of sp³-hybridized carbons (Fsp3) is 0.462. The monoisotopic (exact) mass is 252 g/mol. The first-order chi connectivity index (χ1) is 8.63. The Balaban J connectivity index is 2.19. The third-order valence-electron chi connectivity index (χ3n) is 2.34. The second-order valence-electron chi connectivity index (χ2n) is 3.96. The van der Waals surface area contributed by atoms with Gasteiger partial charge in [0.25, 0.3) is 0 Å². The molecule has 0 radical (unpaired) electrons. The van der Waals surface area contributed by atoms with Gasteiger partial charge >= 0.3 is 0 Å². The lowest BCUT2D eigenvalue weighted by Gasteiger charge is -2.09. The molecule has 0 aliphatic rings. The van der Waals surface area contributed by atoms with Crippen LogP contribution in [0.3, 0.4) is 0 Å². The van der Waals surface area contributed by atoms with Crippen LogP contribution in [-0.2, 0) is 4.79 Å². The zero-order valence-electron chi connectivity index (χ0n) is 10.8. The molecule has 0 bridgehead atoms. The Bertz CT molecular complexity index is 380. The van der Waals surface area contributed by atoms with Crippen LogP contribution in [0.5, 0.6) is 11.5 Å². The molecule has 5 heteroatoms. The van der Waals surface area contributed by atoms with Crippen LogP contribution in [0.15, 0.2) is 24.3 Å². The van der Waals surface area contributed by atoms with Gasteiger partial charge in [0, 0.05) is 12.6 Å². The van der Waals surface area contributed by atoms with Gasteiger partial charge in [0.1, 0.15) is 11.5 Å². The minimum atomic E-state index is -0.468. The first-order valence-corrected chi connectivity index (χ1v) is 5.93. The number of hydrogen-bond donors (Lipinski definition) is 2. The zero-order chi connectivity index (χ0) is 13.4. The van der Waals surface area contributed by atoms with Crippen molar-refractivity contribution in [1.82, 2.24) is 5.32 Å². The van der Waals surface area contributed by atoms with E-state index in [9.17, 15) is 4.79 Å². The van der Waals surface area contributed by atoms with Crippen molar-refractivity contribution in [2.24, 2.45) is 5.73 Å². The van der Waals surface area contributed by atoms with Crippen LogP contribution >= 0.6 is 0 Å². The lowest BCUT2D eigenvalue weighted by Crippen LogP contribution is -2.38. The van der Waals surface area contributed by atoms with Gasteiger partial charge in [0.05, 0.1) is 19.8 Å². The number of carbonyl (C=O) groups is 1. The van der Waals surface area contributed by atoms with Crippen LogP contribution in [0, 0.1) is 0 Å². The van der Waals surface area contributed by atoms with Gasteiger partial charge in [-0.05, 0) is 25.5 Å². The molecule has 1 aromatic carbocycles. The van der Waals surface area contributed by atoms with E-state index in [0.717, 1.165) is 17.9 Å². The molecule has 0 spiro atoms. The van der Waals surface area contributed by atoms with E-state index in [2.05, 4.69) is 5.32 Å². The van der Waals surface area contributed by atoms with Gasteiger partial charge in [-0.1, -0.05) is 6.07 Å². The van der Waals surface area contributed by atoms with E-state index in [-0.39, 0.29) is 5.91 Å². The Morgan fingerprint density at radius 2 is 2.17 bits per heavy atom. The van der Waals surface area contributed by atoms with E-state index in [1.165, 1.54) is 0 Å². The van der Waals surface area contributed by atoms with Gasteiger partial charge in [-0.25, -0.2) is 0 Å². The average Bonchev–Trinajstić information content (AvgIpc) is 2.38. The van der Waals surface area contributed by atoms with E-state index in [1.54, 1.807) is 14.0 Å². The van der Waals surface area contributed by atoms with Crippen molar-refractivity contribution >= 4 is 5.91 Å². The maximum Gasteiger partial charge on any atom is 0.236 e. The summed E-state index contributed by atoms with van der Waals surface area (Å²) in [6, 6.07) is 6.94. The van der Waals surface area contributed by atoms with Crippen molar-refractivity contribution in [1.29, 1.82) is 0 Å². The second-order valence-corrected chi connectivity index (χ2v) is 3.96. The Hall–Kier alpha value is -1.75. The molecule has 5 nitrogen and oxygen atoms in total. The molecule has 0 saturated carbocycles. The predicted molar refractivity (Wildman–Crippen MR) is 69.8 cm³/mol. The number of hydrogen-bond acceptors (Lipinski definition) is 4. The fourth-order valence-corrected chi connectivity index (χ4v) is 1.33. The summed E-state index contributed by atoms with van der Waals surface area (Å²) < 4.78 is 10.6. The summed E-state index contributed by atoms with van der Waals surface area (Å²) in [5.74, 6) is 1.38. The molecule has 0 aliphatic heterocycles. The Kier molecular flexibility index (Phi) is 6.00. The highest BCUT2D eigenvalue weighted by Crippen LogP contribution is 2.18. The van der Waals surface area contributed by atoms with Crippen molar-refractivity contribution in [2.75, 3.05) is 20.3 Å². The van der Waals surface area contributed by atoms with Gasteiger partial charge in [0.15, 0.2) is 0 Å². The average molecular weight is 252 g/mol. The van der Waals surface area contributed by atoms with Crippen molar-refractivity contribution < 1.29 is 14.3 Å². The summed E-state index contributed by atoms with van der Waals surface area (Å²) in [7, 11) is 1.61. The van der Waals surface area contributed by atoms with E-state index in [0.29, 0.717) is 13.2 Å². The fourth-order valence-electron chi connectivity index (χ4n) is 1.33. The Morgan fingerprint density at radius 1 is 1.44 bits per heavy atom. The maximum absolute atomic E-state index is 11.2. The van der Waals surface area contributed by atoms with Crippen LogP contribution < -0.4 is 20.5 Å². The van der Waals surface area contributed by atoms with Crippen molar-refractivity contribution in [3.8, 4) is 11.5 Å². The maximum atomic E-state index is 11.2.